The van der Waals surface area contributed by atoms with Gasteiger partial charge in [-0.05, 0) is 48.1 Å². The first-order chi connectivity index (χ1) is 16.0. The molecule has 0 unspecified atom stereocenters. The van der Waals surface area contributed by atoms with Crippen molar-refractivity contribution < 1.29 is 23.9 Å². The molecule has 2 aliphatic rings. The van der Waals surface area contributed by atoms with Crippen LogP contribution in [0.15, 0.2) is 59.5 Å². The van der Waals surface area contributed by atoms with Crippen LogP contribution in [0.2, 0.25) is 0 Å². The third-order valence-electron chi connectivity index (χ3n) is 4.95. The van der Waals surface area contributed by atoms with E-state index in [1.165, 1.54) is 0 Å². The van der Waals surface area contributed by atoms with Crippen molar-refractivity contribution in [3.8, 4) is 5.75 Å². The van der Waals surface area contributed by atoms with Crippen molar-refractivity contribution in [2.24, 2.45) is 0 Å². The Hall–Kier alpha value is -3.21. The van der Waals surface area contributed by atoms with Gasteiger partial charge in [-0.15, -0.1) is 0 Å². The van der Waals surface area contributed by atoms with Gasteiger partial charge in [0.1, 0.15) is 5.75 Å². The number of hydrazine groups is 1. The standard InChI is InChI=1S/C23H21N3O5S2/c27-20(25-10-12-30-13-11-25)15-31-18-8-6-16(7-9-18)14-19-22(29)26(23(32)33-19)24-21(28)17-4-2-1-3-5-17/h1-9,14H,10-13,15H2,(H,24,28)/b19-14+. The lowest BCUT2D eigenvalue weighted by Gasteiger charge is -2.26. The number of hydrogen-bond acceptors (Lipinski definition) is 7. The normalized spacial score (nSPS) is 17.4. The molecule has 0 atom stereocenters. The van der Waals surface area contributed by atoms with Crippen LogP contribution < -0.4 is 10.2 Å². The molecule has 1 N–H and O–H groups in total. The molecule has 0 aromatic heterocycles. The molecule has 2 aromatic rings. The Morgan fingerprint density at radius 1 is 1.09 bits per heavy atom. The number of nitrogens with zero attached hydrogens (tertiary/aromatic N) is 2. The molecule has 2 aliphatic heterocycles. The Bertz CT molecular complexity index is 1080. The van der Waals surface area contributed by atoms with Crippen molar-refractivity contribution in [2.45, 2.75) is 0 Å². The SMILES string of the molecule is O=C(NN1C(=O)/C(=C\c2ccc(OCC(=O)N3CCOCC3)cc2)SC1=S)c1ccccc1. The van der Waals surface area contributed by atoms with E-state index in [0.29, 0.717) is 42.5 Å². The molecule has 0 aliphatic carbocycles. The Labute approximate surface area is 200 Å². The van der Waals surface area contributed by atoms with E-state index >= 15 is 0 Å². The third kappa shape index (κ3) is 5.78. The molecule has 8 nitrogen and oxygen atoms in total. The summed E-state index contributed by atoms with van der Waals surface area (Å²) in [5.74, 6) is -0.341. The fourth-order valence-corrected chi connectivity index (χ4v) is 4.36. The topological polar surface area (TPSA) is 88.2 Å². The maximum atomic E-state index is 12.7. The summed E-state index contributed by atoms with van der Waals surface area (Å²) >= 11 is 6.37. The molecule has 33 heavy (non-hydrogen) atoms. The average molecular weight is 484 g/mol. The van der Waals surface area contributed by atoms with Crippen molar-refractivity contribution in [3.05, 3.63) is 70.6 Å². The highest BCUT2D eigenvalue weighted by atomic mass is 32.2. The minimum absolute atomic E-state index is 0.0425. The predicted molar refractivity (Wildman–Crippen MR) is 128 cm³/mol. The fourth-order valence-electron chi connectivity index (χ4n) is 3.18. The van der Waals surface area contributed by atoms with Gasteiger partial charge >= 0.3 is 0 Å². The molecule has 4 rings (SSSR count). The summed E-state index contributed by atoms with van der Waals surface area (Å²) in [7, 11) is 0. The average Bonchev–Trinajstić information content (AvgIpc) is 3.11. The summed E-state index contributed by atoms with van der Waals surface area (Å²) < 4.78 is 11.1. The molecular weight excluding hydrogens is 462 g/mol. The molecule has 2 heterocycles. The first-order valence-corrected chi connectivity index (χ1v) is 11.5. The highest BCUT2D eigenvalue weighted by molar-refractivity contribution is 8.26. The minimum Gasteiger partial charge on any atom is -0.484 e. The van der Waals surface area contributed by atoms with Crippen LogP contribution in [-0.4, -0.2) is 64.9 Å². The molecule has 10 heteroatoms. The lowest BCUT2D eigenvalue weighted by atomic mass is 10.2. The van der Waals surface area contributed by atoms with Gasteiger partial charge < -0.3 is 14.4 Å². The summed E-state index contributed by atoms with van der Waals surface area (Å²) in [6.07, 6.45) is 1.69. The van der Waals surface area contributed by atoms with Crippen molar-refractivity contribution >= 4 is 52.1 Å². The van der Waals surface area contributed by atoms with E-state index in [2.05, 4.69) is 5.43 Å². The van der Waals surface area contributed by atoms with E-state index in [4.69, 9.17) is 21.7 Å². The molecular formula is C23H21N3O5S2. The maximum absolute atomic E-state index is 12.7. The van der Waals surface area contributed by atoms with E-state index in [1.54, 1.807) is 65.6 Å². The Kier molecular flexibility index (Phi) is 7.38. The number of ether oxygens (including phenoxy) is 2. The van der Waals surface area contributed by atoms with E-state index in [1.807, 2.05) is 0 Å². The van der Waals surface area contributed by atoms with Crippen molar-refractivity contribution in [2.75, 3.05) is 32.9 Å². The molecule has 0 spiro atoms. The number of amides is 3. The second-order valence-corrected chi connectivity index (χ2v) is 8.85. The largest absolute Gasteiger partial charge is 0.484 e. The van der Waals surface area contributed by atoms with Crippen LogP contribution in [0.3, 0.4) is 0 Å². The molecule has 0 saturated carbocycles. The quantitative estimate of drug-likeness (QED) is 0.499. The number of thioether (sulfide) groups is 1. The number of morpholine rings is 1. The van der Waals surface area contributed by atoms with Crippen LogP contribution in [0.1, 0.15) is 15.9 Å². The van der Waals surface area contributed by atoms with Crippen LogP contribution in [0.4, 0.5) is 0 Å². The predicted octanol–water partition coefficient (Wildman–Crippen LogP) is 2.47. The number of thiocarbonyl (C=S) groups is 1. The lowest BCUT2D eigenvalue weighted by molar-refractivity contribution is -0.137. The van der Waals surface area contributed by atoms with Gasteiger partial charge in [-0.25, -0.2) is 0 Å². The molecule has 170 valence electrons. The highest BCUT2D eigenvalue weighted by Gasteiger charge is 2.33. The first-order valence-electron chi connectivity index (χ1n) is 10.2. The summed E-state index contributed by atoms with van der Waals surface area (Å²) in [5.41, 5.74) is 3.74. The van der Waals surface area contributed by atoms with Gasteiger partial charge in [0, 0.05) is 18.7 Å². The first kappa shape index (κ1) is 23.0. The fraction of sp³-hybridized carbons (Fsp3) is 0.217. The van der Waals surface area contributed by atoms with Gasteiger partial charge in [-0.1, -0.05) is 42.1 Å². The lowest BCUT2D eigenvalue weighted by Crippen LogP contribution is -2.44. The number of rotatable bonds is 6. The summed E-state index contributed by atoms with van der Waals surface area (Å²) in [5, 5.41) is 1.08. The third-order valence-corrected chi connectivity index (χ3v) is 6.25. The summed E-state index contributed by atoms with van der Waals surface area (Å²) in [4.78, 5) is 39.4. The Balaban J connectivity index is 1.34. The van der Waals surface area contributed by atoms with E-state index in [-0.39, 0.29) is 16.8 Å². The van der Waals surface area contributed by atoms with Gasteiger partial charge in [0.2, 0.25) is 0 Å². The summed E-state index contributed by atoms with van der Waals surface area (Å²) in [6, 6.07) is 15.6. The highest BCUT2D eigenvalue weighted by Crippen LogP contribution is 2.31. The zero-order valence-corrected chi connectivity index (χ0v) is 19.2. The van der Waals surface area contributed by atoms with Crippen molar-refractivity contribution in [3.63, 3.8) is 0 Å². The molecule has 0 bridgehead atoms. The minimum atomic E-state index is -0.415. The van der Waals surface area contributed by atoms with Crippen LogP contribution >= 0.6 is 24.0 Å². The van der Waals surface area contributed by atoms with Crippen LogP contribution in [0.5, 0.6) is 5.75 Å². The van der Waals surface area contributed by atoms with E-state index < -0.39 is 11.8 Å². The number of benzene rings is 2. The second-order valence-electron chi connectivity index (χ2n) is 7.17. The zero-order valence-electron chi connectivity index (χ0n) is 17.6. The number of carbonyl (C=O) groups is 3. The van der Waals surface area contributed by atoms with E-state index in [0.717, 1.165) is 22.3 Å². The van der Waals surface area contributed by atoms with Gasteiger partial charge in [-0.2, -0.15) is 5.01 Å². The maximum Gasteiger partial charge on any atom is 0.285 e. The van der Waals surface area contributed by atoms with E-state index in [9.17, 15) is 14.4 Å². The molecule has 2 saturated heterocycles. The smallest absolute Gasteiger partial charge is 0.285 e. The summed E-state index contributed by atoms with van der Waals surface area (Å²) in [6.45, 7) is 2.19. The number of carbonyl (C=O) groups excluding carboxylic acids is 3. The van der Waals surface area contributed by atoms with Crippen LogP contribution in [0.25, 0.3) is 6.08 Å². The molecule has 0 radical (unpaired) electrons. The number of hydrogen-bond donors (Lipinski definition) is 1. The Morgan fingerprint density at radius 2 is 1.79 bits per heavy atom. The molecule has 3 amide bonds. The van der Waals surface area contributed by atoms with Crippen LogP contribution in [0, 0.1) is 0 Å². The molecule has 2 aromatic carbocycles. The monoisotopic (exact) mass is 483 g/mol. The van der Waals surface area contributed by atoms with Gasteiger partial charge in [-0.3, -0.25) is 19.8 Å². The second kappa shape index (κ2) is 10.6. The number of nitrogens with one attached hydrogen (secondary N) is 1. The van der Waals surface area contributed by atoms with Crippen LogP contribution in [-0.2, 0) is 14.3 Å². The van der Waals surface area contributed by atoms with Gasteiger partial charge in [0.05, 0.1) is 18.1 Å². The van der Waals surface area contributed by atoms with Crippen molar-refractivity contribution in [1.82, 2.24) is 15.3 Å². The van der Waals surface area contributed by atoms with Crippen molar-refractivity contribution in [1.29, 1.82) is 0 Å². The Morgan fingerprint density at radius 3 is 2.48 bits per heavy atom. The zero-order chi connectivity index (χ0) is 23.2. The van der Waals surface area contributed by atoms with Gasteiger partial charge in [0.25, 0.3) is 17.7 Å². The van der Waals surface area contributed by atoms with Gasteiger partial charge in [0.15, 0.2) is 10.9 Å². The molecule has 2 fully saturated rings.